The van der Waals surface area contributed by atoms with Gasteiger partial charge in [-0.05, 0) is 43.9 Å². The van der Waals surface area contributed by atoms with Gasteiger partial charge in [-0.15, -0.1) is 13.2 Å². The molecule has 1 rings (SSSR count). The van der Waals surface area contributed by atoms with Gasteiger partial charge in [-0.2, -0.15) is 0 Å². The van der Waals surface area contributed by atoms with Crippen LogP contribution in [-0.2, 0) is 0 Å². The number of hydrogen-bond donors (Lipinski definition) is 0. The van der Waals surface area contributed by atoms with Crippen LogP contribution >= 0.6 is 0 Å². The third-order valence-electron chi connectivity index (χ3n) is 3.25. The molecule has 1 aliphatic carbocycles. The predicted octanol–water partition coefficient (Wildman–Crippen LogP) is 4.34. The molecule has 0 spiro atoms. The molecule has 0 amide bonds. The van der Waals surface area contributed by atoms with Gasteiger partial charge in [0, 0.05) is 0 Å². The highest BCUT2D eigenvalue weighted by Crippen LogP contribution is 2.34. The molecule has 0 aromatic carbocycles. The fraction of sp³-hybridized carbons (Fsp3) is 0.692. The first-order valence-corrected chi connectivity index (χ1v) is 5.62. The molecule has 1 atom stereocenters. The lowest BCUT2D eigenvalue weighted by Gasteiger charge is -2.19. The van der Waals surface area contributed by atoms with E-state index in [-0.39, 0.29) is 0 Å². The average Bonchev–Trinajstić information content (AvgIpc) is 2.65. The van der Waals surface area contributed by atoms with Crippen LogP contribution in [0, 0.1) is 11.8 Å². The average molecular weight is 178 g/mol. The molecule has 0 heteroatoms. The highest BCUT2D eigenvalue weighted by molar-refractivity contribution is 4.87. The third-order valence-corrected chi connectivity index (χ3v) is 3.25. The fourth-order valence-electron chi connectivity index (χ4n) is 2.43. The highest BCUT2D eigenvalue weighted by atomic mass is 14.3. The van der Waals surface area contributed by atoms with Crippen molar-refractivity contribution in [2.45, 2.75) is 44.9 Å². The van der Waals surface area contributed by atoms with Gasteiger partial charge in [-0.25, -0.2) is 0 Å². The minimum Gasteiger partial charge on any atom is -0.103 e. The largest absolute Gasteiger partial charge is 0.103 e. The Balaban J connectivity index is 2.24. The van der Waals surface area contributed by atoms with E-state index in [9.17, 15) is 0 Å². The van der Waals surface area contributed by atoms with Gasteiger partial charge in [0.25, 0.3) is 0 Å². The lowest BCUT2D eigenvalue weighted by Crippen LogP contribution is -2.08. The van der Waals surface area contributed by atoms with Crippen molar-refractivity contribution in [1.29, 1.82) is 0 Å². The molecular formula is C13H22. The van der Waals surface area contributed by atoms with Crippen LogP contribution in [0.5, 0.6) is 0 Å². The molecule has 0 radical (unpaired) electrons. The van der Waals surface area contributed by atoms with Crippen LogP contribution in [0.15, 0.2) is 25.3 Å². The van der Waals surface area contributed by atoms with E-state index >= 15 is 0 Å². The molecule has 0 aromatic heterocycles. The summed E-state index contributed by atoms with van der Waals surface area (Å²) in [5.41, 5.74) is 0. The highest BCUT2D eigenvalue weighted by Gasteiger charge is 2.21. The smallest absolute Gasteiger partial charge is 0.0208 e. The maximum absolute atomic E-state index is 3.96. The molecule has 1 aliphatic rings. The standard InChI is InChI=1S/C13H22/c1-3-5-6-9-12(4-2)13-10-7-8-11-13/h3-4,12-13H,1-2,5-11H2. The van der Waals surface area contributed by atoms with Crippen molar-refractivity contribution in [3.05, 3.63) is 25.3 Å². The van der Waals surface area contributed by atoms with Crippen LogP contribution in [0.25, 0.3) is 0 Å². The van der Waals surface area contributed by atoms with Crippen molar-refractivity contribution in [3.8, 4) is 0 Å². The van der Waals surface area contributed by atoms with Crippen molar-refractivity contribution in [2.75, 3.05) is 0 Å². The first-order chi connectivity index (χ1) is 6.38. The molecule has 13 heavy (non-hydrogen) atoms. The monoisotopic (exact) mass is 178 g/mol. The summed E-state index contributed by atoms with van der Waals surface area (Å²) in [5, 5.41) is 0. The van der Waals surface area contributed by atoms with Crippen molar-refractivity contribution in [1.82, 2.24) is 0 Å². The maximum atomic E-state index is 3.96. The predicted molar refractivity (Wildman–Crippen MR) is 59.7 cm³/mol. The molecule has 0 heterocycles. The Kier molecular flexibility index (Phi) is 4.88. The number of rotatable bonds is 6. The first kappa shape index (κ1) is 10.6. The summed E-state index contributed by atoms with van der Waals surface area (Å²) < 4.78 is 0. The quantitative estimate of drug-likeness (QED) is 0.419. The van der Waals surface area contributed by atoms with Crippen molar-refractivity contribution >= 4 is 0 Å². The van der Waals surface area contributed by atoms with Crippen LogP contribution in [0.2, 0.25) is 0 Å². The van der Waals surface area contributed by atoms with E-state index in [4.69, 9.17) is 0 Å². The van der Waals surface area contributed by atoms with Crippen LogP contribution in [0.4, 0.5) is 0 Å². The lowest BCUT2D eigenvalue weighted by atomic mass is 9.87. The van der Waals surface area contributed by atoms with Gasteiger partial charge in [-0.3, -0.25) is 0 Å². The van der Waals surface area contributed by atoms with E-state index in [1.165, 1.54) is 38.5 Å². The minimum atomic E-state index is 0.780. The molecule has 0 saturated heterocycles. The molecule has 0 bridgehead atoms. The normalized spacial score (nSPS) is 20.0. The van der Waals surface area contributed by atoms with E-state index in [0.717, 1.165) is 18.3 Å². The number of unbranched alkanes of at least 4 members (excludes halogenated alkanes) is 1. The van der Waals surface area contributed by atoms with E-state index < -0.39 is 0 Å². The minimum absolute atomic E-state index is 0.780. The number of hydrogen-bond acceptors (Lipinski definition) is 0. The van der Waals surface area contributed by atoms with Crippen LogP contribution in [-0.4, -0.2) is 0 Å². The Labute approximate surface area is 82.7 Å². The maximum Gasteiger partial charge on any atom is -0.0208 e. The Morgan fingerprint density at radius 3 is 2.46 bits per heavy atom. The van der Waals surface area contributed by atoms with Gasteiger partial charge in [-0.1, -0.05) is 25.0 Å². The van der Waals surface area contributed by atoms with E-state index in [1.54, 1.807) is 0 Å². The zero-order chi connectivity index (χ0) is 9.52. The topological polar surface area (TPSA) is 0 Å². The summed E-state index contributed by atoms with van der Waals surface area (Å²) in [6.07, 6.45) is 13.7. The van der Waals surface area contributed by atoms with Crippen LogP contribution in [0.3, 0.4) is 0 Å². The van der Waals surface area contributed by atoms with Crippen molar-refractivity contribution < 1.29 is 0 Å². The second-order valence-corrected chi connectivity index (χ2v) is 4.16. The molecule has 1 saturated carbocycles. The van der Waals surface area contributed by atoms with Crippen LogP contribution in [0.1, 0.15) is 44.9 Å². The van der Waals surface area contributed by atoms with Crippen molar-refractivity contribution in [2.24, 2.45) is 11.8 Å². The second-order valence-electron chi connectivity index (χ2n) is 4.16. The van der Waals surface area contributed by atoms with Gasteiger partial charge in [0.1, 0.15) is 0 Å². The lowest BCUT2D eigenvalue weighted by molar-refractivity contribution is 0.376. The Bertz CT molecular complexity index is 151. The Morgan fingerprint density at radius 1 is 1.23 bits per heavy atom. The molecule has 0 aromatic rings. The van der Waals surface area contributed by atoms with Gasteiger partial charge in [0.05, 0.1) is 0 Å². The molecule has 0 N–H and O–H groups in total. The number of allylic oxidation sites excluding steroid dienone is 2. The fourth-order valence-corrected chi connectivity index (χ4v) is 2.43. The molecule has 1 fully saturated rings. The molecule has 74 valence electrons. The third kappa shape index (κ3) is 3.38. The van der Waals surface area contributed by atoms with Crippen LogP contribution < -0.4 is 0 Å². The summed E-state index contributed by atoms with van der Waals surface area (Å²) in [6, 6.07) is 0. The van der Waals surface area contributed by atoms with E-state index in [0.29, 0.717) is 0 Å². The SMILES string of the molecule is C=CCCCC(C=C)C1CCCC1. The van der Waals surface area contributed by atoms with Gasteiger partial charge >= 0.3 is 0 Å². The molecule has 1 unspecified atom stereocenters. The van der Waals surface area contributed by atoms with E-state index in [1.807, 2.05) is 6.08 Å². The first-order valence-electron chi connectivity index (χ1n) is 5.62. The van der Waals surface area contributed by atoms with E-state index in [2.05, 4.69) is 19.2 Å². The van der Waals surface area contributed by atoms with Gasteiger partial charge < -0.3 is 0 Å². The van der Waals surface area contributed by atoms with Gasteiger partial charge in [0.15, 0.2) is 0 Å². The summed E-state index contributed by atoms with van der Waals surface area (Å²) in [6.45, 7) is 7.71. The summed E-state index contributed by atoms with van der Waals surface area (Å²) >= 11 is 0. The van der Waals surface area contributed by atoms with Gasteiger partial charge in [0.2, 0.25) is 0 Å². The second kappa shape index (κ2) is 6.01. The zero-order valence-corrected chi connectivity index (χ0v) is 8.67. The molecule has 0 nitrogen and oxygen atoms in total. The Hall–Kier alpha value is -0.520. The molecule has 0 aliphatic heterocycles. The summed E-state index contributed by atoms with van der Waals surface area (Å²) in [4.78, 5) is 0. The van der Waals surface area contributed by atoms with Crippen molar-refractivity contribution in [3.63, 3.8) is 0 Å². The summed E-state index contributed by atoms with van der Waals surface area (Å²) in [7, 11) is 0. The Morgan fingerprint density at radius 2 is 1.92 bits per heavy atom. The summed E-state index contributed by atoms with van der Waals surface area (Å²) in [5.74, 6) is 1.73. The molecular weight excluding hydrogens is 156 g/mol. The zero-order valence-electron chi connectivity index (χ0n) is 8.67.